The maximum atomic E-state index is 12.7. The fourth-order valence-corrected chi connectivity index (χ4v) is 4.00. The van der Waals surface area contributed by atoms with Crippen LogP contribution in [0.5, 0.6) is 0 Å². The highest BCUT2D eigenvalue weighted by atomic mass is 19.3. The summed E-state index contributed by atoms with van der Waals surface area (Å²) in [7, 11) is 0. The number of halogens is 2. The van der Waals surface area contributed by atoms with E-state index in [0.717, 1.165) is 18.7 Å². The molecule has 3 heterocycles. The van der Waals surface area contributed by atoms with Gasteiger partial charge >= 0.3 is 6.61 Å². The monoisotopic (exact) mass is 351 g/mol. The van der Waals surface area contributed by atoms with E-state index >= 15 is 0 Å². The number of hydrogen-bond acceptors (Lipinski definition) is 4. The Bertz CT molecular complexity index is 699. The summed E-state index contributed by atoms with van der Waals surface area (Å²) in [5.41, 5.74) is 2.30. The quantitative estimate of drug-likeness (QED) is 0.870. The summed E-state index contributed by atoms with van der Waals surface area (Å²) in [5, 5.41) is 2.75. The molecule has 3 aliphatic heterocycles. The van der Waals surface area contributed by atoms with Gasteiger partial charge in [-0.05, 0) is 18.1 Å². The smallest absolute Gasteiger partial charge is 0.345 e. The van der Waals surface area contributed by atoms with Crippen LogP contribution in [-0.2, 0) is 20.7 Å². The highest BCUT2D eigenvalue weighted by Crippen LogP contribution is 2.30. The van der Waals surface area contributed by atoms with Crippen LogP contribution in [0.4, 0.5) is 14.5 Å². The Kier molecular flexibility index (Phi) is 4.07. The van der Waals surface area contributed by atoms with Crippen LogP contribution in [0.25, 0.3) is 0 Å². The highest BCUT2D eigenvalue weighted by Gasteiger charge is 2.47. The van der Waals surface area contributed by atoms with E-state index in [2.05, 4.69) is 21.0 Å². The van der Waals surface area contributed by atoms with Crippen LogP contribution in [-0.4, -0.2) is 61.1 Å². The Morgan fingerprint density at radius 2 is 2.08 bits per heavy atom. The van der Waals surface area contributed by atoms with Gasteiger partial charge in [0, 0.05) is 31.7 Å². The molecule has 1 aromatic carbocycles. The van der Waals surface area contributed by atoms with Crippen LogP contribution >= 0.6 is 0 Å². The Hall–Kier alpha value is -2.22. The van der Waals surface area contributed by atoms with E-state index in [0.29, 0.717) is 6.54 Å². The molecule has 0 bridgehead atoms. The Morgan fingerprint density at radius 3 is 2.88 bits per heavy atom. The number of nitrogens with one attached hydrogen (secondary N) is 1. The van der Waals surface area contributed by atoms with Crippen molar-refractivity contribution in [3.05, 3.63) is 29.8 Å². The zero-order valence-corrected chi connectivity index (χ0v) is 13.5. The van der Waals surface area contributed by atoms with Gasteiger partial charge in [0.2, 0.25) is 11.8 Å². The minimum Gasteiger partial charge on any atom is -0.368 e. The predicted molar refractivity (Wildman–Crippen MR) is 85.3 cm³/mol. The van der Waals surface area contributed by atoms with Gasteiger partial charge in [-0.25, -0.2) is 0 Å². The Labute approximate surface area is 143 Å². The van der Waals surface area contributed by atoms with Gasteiger partial charge in [0.15, 0.2) is 0 Å². The van der Waals surface area contributed by atoms with E-state index in [1.165, 1.54) is 10.5 Å². The van der Waals surface area contributed by atoms with Crippen molar-refractivity contribution in [1.82, 2.24) is 10.2 Å². The van der Waals surface area contributed by atoms with Crippen molar-refractivity contribution < 1.29 is 23.1 Å². The van der Waals surface area contributed by atoms with E-state index in [1.807, 2.05) is 18.2 Å². The van der Waals surface area contributed by atoms with Crippen molar-refractivity contribution >= 4 is 17.5 Å². The summed E-state index contributed by atoms with van der Waals surface area (Å²) >= 11 is 0. The van der Waals surface area contributed by atoms with Gasteiger partial charge < -0.3 is 19.9 Å². The number of carbonyl (C=O) groups excluding carboxylic acids is 2. The first-order valence-electron chi connectivity index (χ1n) is 8.40. The second kappa shape index (κ2) is 6.25. The number of rotatable bonds is 4. The van der Waals surface area contributed by atoms with E-state index in [4.69, 9.17) is 0 Å². The normalized spacial score (nSPS) is 28.4. The van der Waals surface area contributed by atoms with Gasteiger partial charge in [-0.2, -0.15) is 8.78 Å². The molecule has 6 nitrogen and oxygen atoms in total. The van der Waals surface area contributed by atoms with E-state index in [-0.39, 0.29) is 24.8 Å². The molecule has 8 heteroatoms. The SMILES string of the molecule is O=C1NC(CN2CCc3ccccc32)C(=O)N2C[C@H](OC(F)F)C[C@@H]12. The standard InChI is InChI=1S/C17H19F2N3O3/c18-17(19)25-11-7-14-15(23)20-12(16(24)22(14)8-11)9-21-6-5-10-3-1-2-4-13(10)21/h1-4,11-12,14,17H,5-9H2,(H,20,23)/t11-,12?,14+/m1/s1. The summed E-state index contributed by atoms with van der Waals surface area (Å²) in [6.07, 6.45) is 0.217. The molecule has 2 amide bonds. The third-order valence-corrected chi connectivity index (χ3v) is 5.14. The van der Waals surface area contributed by atoms with E-state index in [1.54, 1.807) is 0 Å². The maximum absolute atomic E-state index is 12.7. The van der Waals surface area contributed by atoms with Gasteiger partial charge in [0.1, 0.15) is 12.1 Å². The summed E-state index contributed by atoms with van der Waals surface area (Å²) in [4.78, 5) is 28.5. The molecule has 4 rings (SSSR count). The number of hydrogen-bond donors (Lipinski definition) is 1. The van der Waals surface area contributed by atoms with Crippen LogP contribution in [0.15, 0.2) is 24.3 Å². The summed E-state index contributed by atoms with van der Waals surface area (Å²) in [5.74, 6) is -0.521. The van der Waals surface area contributed by atoms with E-state index < -0.39 is 24.8 Å². The lowest BCUT2D eigenvalue weighted by atomic mass is 10.1. The van der Waals surface area contributed by atoms with Gasteiger partial charge in [-0.3, -0.25) is 9.59 Å². The lowest BCUT2D eigenvalue weighted by Gasteiger charge is -2.36. The lowest BCUT2D eigenvalue weighted by Crippen LogP contribution is -2.63. The molecule has 25 heavy (non-hydrogen) atoms. The van der Waals surface area contributed by atoms with Crippen molar-refractivity contribution in [1.29, 1.82) is 0 Å². The summed E-state index contributed by atoms with van der Waals surface area (Å²) < 4.78 is 29.3. The largest absolute Gasteiger partial charge is 0.368 e. The number of ether oxygens (including phenoxy) is 1. The first-order valence-corrected chi connectivity index (χ1v) is 8.40. The van der Waals surface area contributed by atoms with Crippen LogP contribution in [0, 0.1) is 0 Å². The van der Waals surface area contributed by atoms with E-state index in [9.17, 15) is 18.4 Å². The molecule has 3 aliphatic rings. The lowest BCUT2D eigenvalue weighted by molar-refractivity contribution is -0.160. The van der Waals surface area contributed by atoms with Gasteiger partial charge in [-0.1, -0.05) is 18.2 Å². The average molecular weight is 351 g/mol. The van der Waals surface area contributed by atoms with Crippen LogP contribution in [0.3, 0.4) is 0 Å². The third kappa shape index (κ3) is 2.95. The zero-order valence-electron chi connectivity index (χ0n) is 13.5. The Balaban J connectivity index is 1.46. The molecule has 0 radical (unpaired) electrons. The van der Waals surface area contributed by atoms with Crippen molar-refractivity contribution in [3.8, 4) is 0 Å². The predicted octanol–water partition coefficient (Wildman–Crippen LogP) is 0.756. The topological polar surface area (TPSA) is 61.9 Å². The van der Waals surface area contributed by atoms with Crippen molar-refractivity contribution in [2.45, 2.75) is 37.6 Å². The molecule has 2 fully saturated rings. The maximum Gasteiger partial charge on any atom is 0.345 e. The third-order valence-electron chi connectivity index (χ3n) is 5.14. The number of anilines is 1. The molecule has 0 aromatic heterocycles. The molecular formula is C17H19F2N3O3. The van der Waals surface area contributed by atoms with Crippen molar-refractivity contribution in [2.24, 2.45) is 0 Å². The fraction of sp³-hybridized carbons (Fsp3) is 0.529. The summed E-state index contributed by atoms with van der Waals surface area (Å²) in [6, 6.07) is 6.61. The number of nitrogens with zero attached hydrogens (tertiary/aromatic N) is 2. The minimum atomic E-state index is -2.90. The van der Waals surface area contributed by atoms with Crippen LogP contribution < -0.4 is 10.2 Å². The number of alkyl halides is 2. The molecule has 0 saturated carbocycles. The number of benzene rings is 1. The number of fused-ring (bicyclic) bond motifs is 2. The highest BCUT2D eigenvalue weighted by molar-refractivity contribution is 5.98. The molecule has 134 valence electrons. The van der Waals surface area contributed by atoms with Crippen molar-refractivity contribution in [3.63, 3.8) is 0 Å². The van der Waals surface area contributed by atoms with Gasteiger partial charge in [0.05, 0.1) is 6.10 Å². The average Bonchev–Trinajstić information content (AvgIpc) is 3.17. The first kappa shape index (κ1) is 16.3. The second-order valence-electron chi connectivity index (χ2n) is 6.65. The first-order chi connectivity index (χ1) is 12.0. The second-order valence-corrected chi connectivity index (χ2v) is 6.65. The van der Waals surface area contributed by atoms with Gasteiger partial charge in [-0.15, -0.1) is 0 Å². The molecule has 1 unspecified atom stereocenters. The molecule has 0 aliphatic carbocycles. The molecule has 1 aromatic rings. The minimum absolute atomic E-state index is 0.0361. The summed E-state index contributed by atoms with van der Waals surface area (Å²) in [6.45, 7) is -1.69. The van der Waals surface area contributed by atoms with Crippen molar-refractivity contribution in [2.75, 3.05) is 24.5 Å². The zero-order chi connectivity index (χ0) is 17.6. The van der Waals surface area contributed by atoms with Gasteiger partial charge in [0.25, 0.3) is 0 Å². The van der Waals surface area contributed by atoms with Crippen LogP contribution in [0.1, 0.15) is 12.0 Å². The number of piperazine rings is 1. The molecule has 2 saturated heterocycles. The molecular weight excluding hydrogens is 332 g/mol. The molecule has 1 N–H and O–H groups in total. The fourth-order valence-electron chi connectivity index (χ4n) is 4.00. The number of amides is 2. The molecule has 3 atom stereocenters. The Morgan fingerprint density at radius 1 is 1.28 bits per heavy atom. The number of carbonyl (C=O) groups is 2. The molecule has 0 spiro atoms. The van der Waals surface area contributed by atoms with Crippen LogP contribution in [0.2, 0.25) is 0 Å². The number of para-hydroxylation sites is 1.